The van der Waals surface area contributed by atoms with E-state index in [1.54, 1.807) is 6.08 Å². The first kappa shape index (κ1) is 28.9. The second-order valence-corrected chi connectivity index (χ2v) is 10.2. The molecule has 0 N–H and O–H groups in total. The molecule has 0 saturated carbocycles. The molecule has 212 valence electrons. The molecule has 1 heterocycles. The number of hydrogen-bond donors (Lipinski definition) is 0. The zero-order chi connectivity index (χ0) is 28.1. The first-order chi connectivity index (χ1) is 20.3. The lowest BCUT2D eigenvalue weighted by molar-refractivity contribution is -0.263. The number of ether oxygens (including phenoxy) is 5. The van der Waals surface area contributed by atoms with E-state index in [2.05, 4.69) is 55.1 Å². The molecule has 1 aliphatic heterocycles. The maximum absolute atomic E-state index is 6.66. The Balaban J connectivity index is 1.39. The Morgan fingerprint density at radius 3 is 1.34 bits per heavy atom. The molecule has 0 aliphatic carbocycles. The normalized spacial score (nSPS) is 22.3. The van der Waals surface area contributed by atoms with E-state index in [4.69, 9.17) is 23.7 Å². The molecule has 1 fully saturated rings. The van der Waals surface area contributed by atoms with Crippen molar-refractivity contribution in [1.29, 1.82) is 0 Å². The lowest BCUT2D eigenvalue weighted by Gasteiger charge is -2.45. The Bertz CT molecular complexity index is 1280. The Hall–Kier alpha value is -3.58. The molecule has 5 heteroatoms. The van der Waals surface area contributed by atoms with Crippen molar-refractivity contribution in [2.45, 2.75) is 56.9 Å². The van der Waals surface area contributed by atoms with Crippen molar-refractivity contribution in [2.24, 2.45) is 0 Å². The molecule has 5 rings (SSSR count). The smallest absolute Gasteiger partial charge is 0.116 e. The largest absolute Gasteiger partial charge is 0.374 e. The van der Waals surface area contributed by atoms with Crippen molar-refractivity contribution in [3.8, 4) is 0 Å². The topological polar surface area (TPSA) is 46.2 Å². The minimum Gasteiger partial charge on any atom is -0.374 e. The molecule has 0 bridgehead atoms. The molecule has 0 amide bonds. The third-order valence-electron chi connectivity index (χ3n) is 7.15. The Morgan fingerprint density at radius 1 is 0.512 bits per heavy atom. The SMILES string of the molecule is C=C[C@@H]1O[C@H](COCc2ccccc2)[C@H](OCc2ccccc2)[C@H](OCc2ccccc2)[C@H]1OCc1ccccc1. The Labute approximate surface area is 243 Å². The maximum atomic E-state index is 6.66. The van der Waals surface area contributed by atoms with Gasteiger partial charge >= 0.3 is 0 Å². The van der Waals surface area contributed by atoms with Crippen LogP contribution in [-0.4, -0.2) is 37.1 Å². The van der Waals surface area contributed by atoms with Crippen LogP contribution in [0.1, 0.15) is 22.3 Å². The summed E-state index contributed by atoms with van der Waals surface area (Å²) in [6.07, 6.45) is -0.283. The molecule has 0 unspecified atom stereocenters. The van der Waals surface area contributed by atoms with Gasteiger partial charge in [0.15, 0.2) is 0 Å². The molecule has 1 aliphatic rings. The van der Waals surface area contributed by atoms with Crippen molar-refractivity contribution >= 4 is 0 Å². The minimum absolute atomic E-state index is 0.343. The van der Waals surface area contributed by atoms with E-state index in [0.717, 1.165) is 22.3 Å². The van der Waals surface area contributed by atoms with E-state index < -0.39 is 24.4 Å². The van der Waals surface area contributed by atoms with Crippen LogP contribution >= 0.6 is 0 Å². The van der Waals surface area contributed by atoms with Crippen molar-refractivity contribution in [3.63, 3.8) is 0 Å². The lowest BCUT2D eigenvalue weighted by Crippen LogP contribution is -2.60. The van der Waals surface area contributed by atoms with Crippen LogP contribution in [0.2, 0.25) is 0 Å². The van der Waals surface area contributed by atoms with Gasteiger partial charge in [0.25, 0.3) is 0 Å². The van der Waals surface area contributed by atoms with Gasteiger partial charge in [0.05, 0.1) is 33.0 Å². The molecule has 5 nitrogen and oxygen atoms in total. The quantitative estimate of drug-likeness (QED) is 0.160. The van der Waals surface area contributed by atoms with Crippen LogP contribution in [0.4, 0.5) is 0 Å². The highest BCUT2D eigenvalue weighted by atomic mass is 16.6. The van der Waals surface area contributed by atoms with Crippen LogP contribution in [0.15, 0.2) is 134 Å². The van der Waals surface area contributed by atoms with Crippen LogP contribution in [-0.2, 0) is 50.1 Å². The molecule has 41 heavy (non-hydrogen) atoms. The minimum atomic E-state index is -0.438. The number of rotatable bonds is 14. The highest BCUT2D eigenvalue weighted by Gasteiger charge is 2.47. The standard InChI is InChI=1S/C36H38O5/c1-2-32-34(38-24-29-17-9-4-10-18-29)36(40-26-31-21-13-6-14-22-31)35(39-25-30-19-11-5-12-20-30)33(41-32)27-37-23-28-15-7-3-8-16-28/h2-22,32-36H,1,23-27H2/t32-,33+,34-,35-,36+/m0/s1. The summed E-state index contributed by atoms with van der Waals surface area (Å²) in [6.45, 7) is 6.16. The van der Waals surface area contributed by atoms with Gasteiger partial charge in [-0.15, -0.1) is 6.58 Å². The fourth-order valence-corrected chi connectivity index (χ4v) is 5.01. The zero-order valence-electron chi connectivity index (χ0n) is 23.3. The molecular formula is C36H38O5. The molecular weight excluding hydrogens is 512 g/mol. The second kappa shape index (κ2) is 15.4. The lowest BCUT2D eigenvalue weighted by atomic mass is 9.94. The summed E-state index contributed by atoms with van der Waals surface area (Å²) in [5.74, 6) is 0. The average Bonchev–Trinajstić information content (AvgIpc) is 3.04. The van der Waals surface area contributed by atoms with Crippen molar-refractivity contribution in [1.82, 2.24) is 0 Å². The van der Waals surface area contributed by atoms with E-state index >= 15 is 0 Å². The van der Waals surface area contributed by atoms with E-state index in [-0.39, 0.29) is 6.10 Å². The van der Waals surface area contributed by atoms with Gasteiger partial charge in [0.1, 0.15) is 30.5 Å². The zero-order valence-corrected chi connectivity index (χ0v) is 23.3. The Morgan fingerprint density at radius 2 is 0.902 bits per heavy atom. The van der Waals surface area contributed by atoms with Crippen LogP contribution in [0, 0.1) is 0 Å². The Kier molecular flexibility index (Phi) is 10.9. The van der Waals surface area contributed by atoms with E-state index in [9.17, 15) is 0 Å². The summed E-state index contributed by atoms with van der Waals surface area (Å²) in [6, 6.07) is 40.5. The van der Waals surface area contributed by atoms with Gasteiger partial charge in [0.2, 0.25) is 0 Å². The molecule has 1 saturated heterocycles. The first-order valence-corrected chi connectivity index (χ1v) is 14.2. The van der Waals surface area contributed by atoms with E-state index in [0.29, 0.717) is 33.0 Å². The van der Waals surface area contributed by atoms with Crippen LogP contribution < -0.4 is 0 Å². The molecule has 4 aromatic carbocycles. The van der Waals surface area contributed by atoms with Crippen LogP contribution in [0.5, 0.6) is 0 Å². The predicted octanol–water partition coefficient (Wildman–Crippen LogP) is 6.91. The highest BCUT2D eigenvalue weighted by molar-refractivity contribution is 5.17. The highest BCUT2D eigenvalue weighted by Crippen LogP contribution is 2.31. The summed E-state index contributed by atoms with van der Waals surface area (Å²) in [4.78, 5) is 0. The van der Waals surface area contributed by atoms with Crippen molar-refractivity contribution < 1.29 is 23.7 Å². The predicted molar refractivity (Wildman–Crippen MR) is 160 cm³/mol. The van der Waals surface area contributed by atoms with E-state index in [1.165, 1.54) is 0 Å². The maximum Gasteiger partial charge on any atom is 0.116 e. The van der Waals surface area contributed by atoms with Gasteiger partial charge in [0, 0.05) is 0 Å². The van der Waals surface area contributed by atoms with Gasteiger partial charge in [-0.2, -0.15) is 0 Å². The molecule has 0 aromatic heterocycles. The van der Waals surface area contributed by atoms with E-state index in [1.807, 2.05) is 72.8 Å². The number of benzene rings is 4. The monoisotopic (exact) mass is 550 g/mol. The third-order valence-corrected chi connectivity index (χ3v) is 7.15. The van der Waals surface area contributed by atoms with Crippen LogP contribution in [0.25, 0.3) is 0 Å². The summed E-state index contributed by atoms with van der Waals surface area (Å²) in [5, 5.41) is 0. The molecule has 0 radical (unpaired) electrons. The first-order valence-electron chi connectivity index (χ1n) is 14.2. The van der Waals surface area contributed by atoms with Gasteiger partial charge in [-0.1, -0.05) is 127 Å². The van der Waals surface area contributed by atoms with Crippen molar-refractivity contribution in [2.75, 3.05) is 6.61 Å². The van der Waals surface area contributed by atoms with Gasteiger partial charge in [-0.25, -0.2) is 0 Å². The van der Waals surface area contributed by atoms with Crippen LogP contribution in [0.3, 0.4) is 0 Å². The van der Waals surface area contributed by atoms with Gasteiger partial charge in [-0.05, 0) is 22.3 Å². The third kappa shape index (κ3) is 8.46. The fraction of sp³-hybridized carbons (Fsp3) is 0.278. The molecule has 0 spiro atoms. The number of hydrogen-bond acceptors (Lipinski definition) is 5. The molecule has 5 atom stereocenters. The van der Waals surface area contributed by atoms with Gasteiger partial charge in [-0.3, -0.25) is 0 Å². The average molecular weight is 551 g/mol. The van der Waals surface area contributed by atoms with Gasteiger partial charge < -0.3 is 23.7 Å². The second-order valence-electron chi connectivity index (χ2n) is 10.2. The summed E-state index contributed by atoms with van der Waals surface area (Å²) in [7, 11) is 0. The fourth-order valence-electron chi connectivity index (χ4n) is 5.01. The summed E-state index contributed by atoms with van der Waals surface area (Å²) in [5.41, 5.74) is 4.33. The summed E-state index contributed by atoms with van der Waals surface area (Å²) >= 11 is 0. The molecule has 4 aromatic rings. The summed E-state index contributed by atoms with van der Waals surface area (Å²) < 4.78 is 32.6. The van der Waals surface area contributed by atoms with Crippen molar-refractivity contribution in [3.05, 3.63) is 156 Å².